The zero-order valence-corrected chi connectivity index (χ0v) is 12.4. The molecule has 0 radical (unpaired) electrons. The molecule has 6 nitrogen and oxygen atoms in total. The van der Waals surface area contributed by atoms with Crippen LogP contribution in [0.1, 0.15) is 10.7 Å². The van der Waals surface area contributed by atoms with E-state index in [2.05, 4.69) is 15.0 Å². The Balaban J connectivity index is 1.70. The predicted octanol–water partition coefficient (Wildman–Crippen LogP) is 3.65. The number of fused-ring (bicyclic) bond motifs is 1. The van der Waals surface area contributed by atoms with E-state index in [0.717, 1.165) is 16.7 Å². The van der Waals surface area contributed by atoms with Crippen molar-refractivity contribution in [3.05, 3.63) is 66.7 Å². The van der Waals surface area contributed by atoms with Gasteiger partial charge in [0, 0.05) is 5.56 Å². The van der Waals surface area contributed by atoms with Gasteiger partial charge < -0.3 is 9.52 Å². The molecule has 24 heavy (non-hydrogen) atoms. The summed E-state index contributed by atoms with van der Waals surface area (Å²) in [5.41, 5.74) is 3.51. The van der Waals surface area contributed by atoms with Crippen LogP contribution < -0.4 is 0 Å². The highest BCUT2D eigenvalue weighted by Crippen LogP contribution is 2.24. The number of benzene rings is 2. The fourth-order valence-electron chi connectivity index (χ4n) is 2.41. The molecule has 2 aromatic carbocycles. The molecule has 0 spiro atoms. The highest BCUT2D eigenvalue weighted by molar-refractivity contribution is 5.85. The third kappa shape index (κ3) is 2.50. The van der Waals surface area contributed by atoms with Crippen LogP contribution in [-0.2, 0) is 0 Å². The van der Waals surface area contributed by atoms with E-state index in [1.54, 1.807) is 0 Å². The van der Waals surface area contributed by atoms with E-state index in [4.69, 9.17) is 9.52 Å². The van der Waals surface area contributed by atoms with Crippen molar-refractivity contribution in [1.29, 1.82) is 0 Å². The minimum atomic E-state index is -1.23. The number of hydrogen-bond acceptors (Lipinski definition) is 5. The Kier molecular flexibility index (Phi) is 3.28. The molecule has 0 saturated carbocycles. The second-order valence-electron chi connectivity index (χ2n) is 5.15. The Labute approximate surface area is 136 Å². The highest BCUT2D eigenvalue weighted by Gasteiger charge is 2.15. The molecule has 4 rings (SSSR count). The normalized spacial score (nSPS) is 10.8. The van der Waals surface area contributed by atoms with Crippen LogP contribution in [0.25, 0.3) is 33.7 Å². The van der Waals surface area contributed by atoms with Crippen molar-refractivity contribution < 1.29 is 14.3 Å². The van der Waals surface area contributed by atoms with E-state index in [9.17, 15) is 4.79 Å². The monoisotopic (exact) mass is 317 g/mol. The Bertz CT molecular complexity index is 1020. The molecule has 2 aromatic heterocycles. The van der Waals surface area contributed by atoms with Crippen LogP contribution in [0, 0.1) is 0 Å². The van der Waals surface area contributed by atoms with Crippen molar-refractivity contribution >= 4 is 17.2 Å². The van der Waals surface area contributed by atoms with Gasteiger partial charge in [-0.05, 0) is 11.1 Å². The predicted molar refractivity (Wildman–Crippen MR) is 87.4 cm³/mol. The lowest BCUT2D eigenvalue weighted by atomic mass is 10.0. The quantitative estimate of drug-likeness (QED) is 0.620. The number of oxazole rings is 1. The Morgan fingerprint density at radius 3 is 2.25 bits per heavy atom. The first-order valence-corrected chi connectivity index (χ1v) is 7.23. The molecular weight excluding hydrogens is 306 g/mol. The summed E-state index contributed by atoms with van der Waals surface area (Å²) in [4.78, 5) is 23.2. The van der Waals surface area contributed by atoms with E-state index in [1.807, 2.05) is 54.6 Å². The van der Waals surface area contributed by atoms with Crippen LogP contribution in [0.4, 0.5) is 0 Å². The molecule has 0 fully saturated rings. The largest absolute Gasteiger partial charge is 0.474 e. The third-order valence-corrected chi connectivity index (χ3v) is 3.58. The fraction of sp³-hybridized carbons (Fsp3) is 0. The smallest absolute Gasteiger partial charge is 0.392 e. The number of rotatable bonds is 3. The molecule has 4 aromatic rings. The lowest BCUT2D eigenvalue weighted by Gasteiger charge is -2.03. The lowest BCUT2D eigenvalue weighted by Crippen LogP contribution is -1.95. The molecule has 0 saturated heterocycles. The van der Waals surface area contributed by atoms with E-state index in [1.165, 1.54) is 6.20 Å². The minimum absolute atomic E-state index is 0.226. The average Bonchev–Trinajstić information content (AvgIpc) is 3.06. The topological polar surface area (TPSA) is 89.1 Å². The molecule has 0 unspecified atom stereocenters. The van der Waals surface area contributed by atoms with Crippen LogP contribution in [0.15, 0.2) is 65.2 Å². The summed E-state index contributed by atoms with van der Waals surface area (Å²) in [5, 5.41) is 8.91. The number of hydrogen-bond donors (Lipinski definition) is 1. The molecule has 0 bridgehead atoms. The summed E-state index contributed by atoms with van der Waals surface area (Å²) >= 11 is 0. The molecule has 6 heteroatoms. The van der Waals surface area contributed by atoms with Crippen molar-refractivity contribution in [1.82, 2.24) is 15.0 Å². The van der Waals surface area contributed by atoms with E-state index >= 15 is 0 Å². The van der Waals surface area contributed by atoms with Crippen LogP contribution in [0.3, 0.4) is 0 Å². The highest BCUT2D eigenvalue weighted by atomic mass is 16.4. The van der Waals surface area contributed by atoms with Gasteiger partial charge in [0.25, 0.3) is 0 Å². The molecular formula is C18H11N3O3. The zero-order valence-electron chi connectivity index (χ0n) is 12.4. The molecule has 0 aliphatic heterocycles. The Hall–Kier alpha value is -3.54. The standard InChI is InChI=1S/C18H11N3O3/c22-18(23)17-21-16-14(24-17)10-19-15(20-16)13-8-6-12(7-9-13)11-4-2-1-3-5-11/h1-10H,(H,22,23). The van der Waals surface area contributed by atoms with E-state index in [0.29, 0.717) is 5.82 Å². The molecule has 0 aliphatic carbocycles. The average molecular weight is 317 g/mol. The van der Waals surface area contributed by atoms with Crippen molar-refractivity contribution in [2.75, 3.05) is 0 Å². The van der Waals surface area contributed by atoms with Gasteiger partial charge in [-0.2, -0.15) is 4.98 Å². The number of carbonyl (C=O) groups is 1. The van der Waals surface area contributed by atoms with Crippen LogP contribution in [-0.4, -0.2) is 26.0 Å². The number of carboxylic acids is 1. The fourth-order valence-corrected chi connectivity index (χ4v) is 2.41. The van der Waals surface area contributed by atoms with Crippen LogP contribution in [0.2, 0.25) is 0 Å². The molecule has 1 N–H and O–H groups in total. The maximum atomic E-state index is 10.9. The van der Waals surface area contributed by atoms with Gasteiger partial charge in [-0.3, -0.25) is 0 Å². The number of carboxylic acid groups (broad SMARTS) is 1. The maximum Gasteiger partial charge on any atom is 0.392 e. The number of aromatic nitrogens is 3. The van der Waals surface area contributed by atoms with Gasteiger partial charge >= 0.3 is 11.9 Å². The van der Waals surface area contributed by atoms with Crippen LogP contribution >= 0.6 is 0 Å². The van der Waals surface area contributed by atoms with Crippen molar-refractivity contribution in [2.24, 2.45) is 0 Å². The first kappa shape index (κ1) is 14.1. The molecule has 0 amide bonds. The van der Waals surface area contributed by atoms with Gasteiger partial charge in [0.1, 0.15) is 0 Å². The maximum absolute atomic E-state index is 10.9. The van der Waals surface area contributed by atoms with Crippen molar-refractivity contribution in [2.45, 2.75) is 0 Å². The van der Waals surface area contributed by atoms with Gasteiger partial charge in [-0.25, -0.2) is 14.8 Å². The third-order valence-electron chi connectivity index (χ3n) is 3.58. The van der Waals surface area contributed by atoms with Crippen molar-refractivity contribution in [3.8, 4) is 22.5 Å². The zero-order chi connectivity index (χ0) is 16.5. The number of nitrogens with zero attached hydrogens (tertiary/aromatic N) is 3. The summed E-state index contributed by atoms with van der Waals surface area (Å²) in [6.07, 6.45) is 1.43. The minimum Gasteiger partial charge on any atom is -0.474 e. The first-order chi connectivity index (χ1) is 11.7. The van der Waals surface area contributed by atoms with E-state index in [-0.39, 0.29) is 11.2 Å². The summed E-state index contributed by atoms with van der Waals surface area (Å²) < 4.78 is 5.06. The summed E-state index contributed by atoms with van der Waals surface area (Å²) in [5.74, 6) is -1.16. The van der Waals surface area contributed by atoms with Gasteiger partial charge in [-0.1, -0.05) is 54.6 Å². The molecule has 0 aliphatic rings. The van der Waals surface area contributed by atoms with Gasteiger partial charge in [0.05, 0.1) is 6.20 Å². The van der Waals surface area contributed by atoms with Gasteiger partial charge in [0.15, 0.2) is 11.4 Å². The van der Waals surface area contributed by atoms with Crippen LogP contribution in [0.5, 0.6) is 0 Å². The van der Waals surface area contributed by atoms with Crippen molar-refractivity contribution in [3.63, 3.8) is 0 Å². The number of aromatic carboxylic acids is 1. The second kappa shape index (κ2) is 5.58. The second-order valence-corrected chi connectivity index (χ2v) is 5.15. The summed E-state index contributed by atoms with van der Waals surface area (Å²) in [6, 6.07) is 17.9. The molecule has 0 atom stereocenters. The first-order valence-electron chi connectivity index (χ1n) is 7.23. The van der Waals surface area contributed by atoms with Gasteiger partial charge in [0.2, 0.25) is 5.65 Å². The Morgan fingerprint density at radius 2 is 1.54 bits per heavy atom. The molecule has 116 valence electrons. The summed E-state index contributed by atoms with van der Waals surface area (Å²) in [7, 11) is 0. The SMILES string of the molecule is O=C(O)c1nc2nc(-c3ccc(-c4ccccc4)cc3)ncc2o1. The summed E-state index contributed by atoms with van der Waals surface area (Å²) in [6.45, 7) is 0. The van der Waals surface area contributed by atoms with E-state index < -0.39 is 11.9 Å². The Morgan fingerprint density at radius 1 is 0.875 bits per heavy atom. The molecule has 2 heterocycles. The van der Waals surface area contributed by atoms with Gasteiger partial charge in [-0.15, -0.1) is 0 Å². The lowest BCUT2D eigenvalue weighted by molar-refractivity contribution is 0.0656.